The lowest BCUT2D eigenvalue weighted by Crippen LogP contribution is -2.34. The minimum Gasteiger partial charge on any atom is -0.349 e. The smallest absolute Gasteiger partial charge is 0.223 e. The Bertz CT molecular complexity index is 483. The van der Waals surface area contributed by atoms with Crippen molar-refractivity contribution >= 4 is 27.6 Å². The Morgan fingerprint density at radius 1 is 1.42 bits per heavy atom. The van der Waals surface area contributed by atoms with E-state index in [2.05, 4.69) is 21.2 Å². The maximum atomic E-state index is 11.8. The van der Waals surface area contributed by atoms with Crippen molar-refractivity contribution in [3.05, 3.63) is 34.3 Å². The molecule has 0 spiro atoms. The molecule has 0 bridgehead atoms. The van der Waals surface area contributed by atoms with Gasteiger partial charge in [0.05, 0.1) is 6.54 Å². The first-order valence-corrected chi connectivity index (χ1v) is 7.39. The molecule has 3 nitrogen and oxygen atoms in total. The van der Waals surface area contributed by atoms with Crippen molar-refractivity contribution < 1.29 is 9.59 Å². The Balaban J connectivity index is 1.76. The number of carbonyl (C=O) groups excluding carboxylic acids is 2. The number of benzene rings is 1. The molecule has 1 aromatic carbocycles. The molecule has 4 heteroatoms. The average molecular weight is 324 g/mol. The fourth-order valence-electron chi connectivity index (χ4n) is 2.09. The summed E-state index contributed by atoms with van der Waals surface area (Å²) in [6.45, 7) is 2.06. The summed E-state index contributed by atoms with van der Waals surface area (Å²) in [5, 5.41) is 2.74. The zero-order valence-electron chi connectivity index (χ0n) is 11.0. The number of amides is 1. The Morgan fingerprint density at radius 2 is 2.16 bits per heavy atom. The maximum absolute atomic E-state index is 11.8. The van der Waals surface area contributed by atoms with Gasteiger partial charge in [-0.3, -0.25) is 9.59 Å². The molecule has 0 heterocycles. The molecule has 0 aliphatic heterocycles. The van der Waals surface area contributed by atoms with E-state index in [0.717, 1.165) is 22.9 Å². The zero-order chi connectivity index (χ0) is 13.8. The molecule has 1 aromatic rings. The van der Waals surface area contributed by atoms with Gasteiger partial charge in [0.15, 0.2) is 5.78 Å². The normalized spacial score (nSPS) is 15.9. The molecule has 1 atom stereocenters. The Morgan fingerprint density at radius 3 is 2.79 bits per heavy atom. The van der Waals surface area contributed by atoms with Gasteiger partial charge in [0, 0.05) is 16.8 Å². The van der Waals surface area contributed by atoms with Crippen molar-refractivity contribution in [3.63, 3.8) is 0 Å². The van der Waals surface area contributed by atoms with Gasteiger partial charge in [-0.05, 0) is 36.5 Å². The van der Waals surface area contributed by atoms with Gasteiger partial charge in [-0.25, -0.2) is 0 Å². The van der Waals surface area contributed by atoms with E-state index in [1.807, 2.05) is 31.2 Å². The lowest BCUT2D eigenvalue weighted by Gasteiger charge is -2.10. The SMILES string of the molecule is CC(C(=O)NCC(=O)Cc1cccc(Br)c1)C1CC1. The summed E-state index contributed by atoms with van der Waals surface area (Å²) >= 11 is 3.38. The van der Waals surface area contributed by atoms with Crippen molar-refractivity contribution in [2.24, 2.45) is 11.8 Å². The second-order valence-corrected chi connectivity index (χ2v) is 6.10. The molecule has 1 aliphatic rings. The van der Waals surface area contributed by atoms with Crippen molar-refractivity contribution in [2.75, 3.05) is 6.54 Å². The largest absolute Gasteiger partial charge is 0.349 e. The predicted octanol–water partition coefficient (Wildman–Crippen LogP) is 2.72. The number of carbonyl (C=O) groups is 2. The molecule has 19 heavy (non-hydrogen) atoms. The van der Waals surface area contributed by atoms with Crippen LogP contribution in [0.3, 0.4) is 0 Å². The summed E-state index contributed by atoms with van der Waals surface area (Å²) in [6.07, 6.45) is 2.64. The second-order valence-electron chi connectivity index (χ2n) is 5.19. The van der Waals surface area contributed by atoms with Crippen molar-refractivity contribution in [1.82, 2.24) is 5.32 Å². The molecule has 1 fully saturated rings. The predicted molar refractivity (Wildman–Crippen MR) is 77.8 cm³/mol. The van der Waals surface area contributed by atoms with E-state index in [1.165, 1.54) is 0 Å². The highest BCUT2D eigenvalue weighted by atomic mass is 79.9. The lowest BCUT2D eigenvalue weighted by molar-refractivity contribution is -0.127. The highest BCUT2D eigenvalue weighted by Gasteiger charge is 2.32. The van der Waals surface area contributed by atoms with Crippen LogP contribution in [0.2, 0.25) is 0 Å². The van der Waals surface area contributed by atoms with Crippen LogP contribution in [0.1, 0.15) is 25.3 Å². The van der Waals surface area contributed by atoms with Gasteiger partial charge in [-0.15, -0.1) is 0 Å². The first-order chi connectivity index (χ1) is 9.06. The summed E-state index contributed by atoms with van der Waals surface area (Å²) < 4.78 is 0.962. The Kier molecular flexibility index (Phi) is 4.75. The van der Waals surface area contributed by atoms with E-state index in [0.29, 0.717) is 12.3 Å². The van der Waals surface area contributed by atoms with Crippen LogP contribution in [0.25, 0.3) is 0 Å². The van der Waals surface area contributed by atoms with E-state index >= 15 is 0 Å². The topological polar surface area (TPSA) is 46.2 Å². The first-order valence-electron chi connectivity index (χ1n) is 6.60. The fraction of sp³-hybridized carbons (Fsp3) is 0.467. The van der Waals surface area contributed by atoms with Gasteiger partial charge < -0.3 is 5.32 Å². The second kappa shape index (κ2) is 6.33. The fourth-order valence-corrected chi connectivity index (χ4v) is 2.54. The van der Waals surface area contributed by atoms with Crippen LogP contribution in [0, 0.1) is 11.8 Å². The number of Topliss-reactive ketones (excluding diaryl/α,β-unsaturated/α-hetero) is 1. The third-order valence-electron chi connectivity index (χ3n) is 3.49. The molecule has 0 radical (unpaired) electrons. The highest BCUT2D eigenvalue weighted by molar-refractivity contribution is 9.10. The molecule has 0 aromatic heterocycles. The number of nitrogens with one attached hydrogen (secondary N) is 1. The number of hydrogen-bond donors (Lipinski definition) is 1. The monoisotopic (exact) mass is 323 g/mol. The van der Waals surface area contributed by atoms with E-state index < -0.39 is 0 Å². The maximum Gasteiger partial charge on any atom is 0.223 e. The quantitative estimate of drug-likeness (QED) is 0.874. The lowest BCUT2D eigenvalue weighted by atomic mass is 10.1. The van der Waals surface area contributed by atoms with Crippen LogP contribution in [-0.4, -0.2) is 18.2 Å². The molecule has 1 unspecified atom stereocenters. The molecule has 102 valence electrons. The van der Waals surface area contributed by atoms with Crippen LogP contribution in [-0.2, 0) is 16.0 Å². The summed E-state index contributed by atoms with van der Waals surface area (Å²) in [5.41, 5.74) is 0.962. The van der Waals surface area contributed by atoms with Crippen LogP contribution in [0.15, 0.2) is 28.7 Å². The molecular formula is C15H18BrNO2. The first kappa shape index (κ1) is 14.3. The standard InChI is InChI=1S/C15H18BrNO2/c1-10(12-5-6-12)15(19)17-9-14(18)8-11-3-2-4-13(16)7-11/h2-4,7,10,12H,5-6,8-9H2,1H3,(H,17,19). The van der Waals surface area contributed by atoms with Crippen LogP contribution in [0.4, 0.5) is 0 Å². The van der Waals surface area contributed by atoms with Gasteiger partial charge in [-0.2, -0.15) is 0 Å². The molecule has 1 saturated carbocycles. The summed E-state index contributed by atoms with van der Waals surface area (Å²) in [7, 11) is 0. The minimum absolute atomic E-state index is 0.00472. The van der Waals surface area contributed by atoms with Gasteiger partial charge >= 0.3 is 0 Å². The number of rotatable bonds is 6. The molecule has 1 aliphatic carbocycles. The molecule has 1 amide bonds. The highest BCUT2D eigenvalue weighted by Crippen LogP contribution is 2.36. The van der Waals surface area contributed by atoms with Gasteiger partial charge in [0.25, 0.3) is 0 Å². The number of halogens is 1. The van der Waals surface area contributed by atoms with Crippen molar-refractivity contribution in [2.45, 2.75) is 26.2 Å². The van der Waals surface area contributed by atoms with Crippen molar-refractivity contribution in [3.8, 4) is 0 Å². The summed E-state index contributed by atoms with van der Waals surface area (Å²) in [6, 6.07) is 7.66. The van der Waals surface area contributed by atoms with Crippen molar-refractivity contribution in [1.29, 1.82) is 0 Å². The van der Waals surface area contributed by atoms with Gasteiger partial charge in [0.1, 0.15) is 0 Å². The van der Waals surface area contributed by atoms with E-state index in [4.69, 9.17) is 0 Å². The van der Waals surface area contributed by atoms with Crippen LogP contribution in [0.5, 0.6) is 0 Å². The van der Waals surface area contributed by atoms with E-state index in [1.54, 1.807) is 0 Å². The van der Waals surface area contributed by atoms with E-state index in [9.17, 15) is 9.59 Å². The Hall–Kier alpha value is -1.16. The van der Waals surface area contributed by atoms with Gasteiger partial charge in [-0.1, -0.05) is 35.0 Å². The van der Waals surface area contributed by atoms with Gasteiger partial charge in [0.2, 0.25) is 5.91 Å². The molecular weight excluding hydrogens is 306 g/mol. The third-order valence-corrected chi connectivity index (χ3v) is 3.99. The zero-order valence-corrected chi connectivity index (χ0v) is 12.6. The van der Waals surface area contributed by atoms with Crippen LogP contribution >= 0.6 is 15.9 Å². The number of ketones is 1. The summed E-state index contributed by atoms with van der Waals surface area (Å²) in [5.74, 6) is 0.610. The third kappa shape index (κ3) is 4.46. The molecule has 2 rings (SSSR count). The minimum atomic E-state index is 0.00472. The molecule has 1 N–H and O–H groups in total. The average Bonchev–Trinajstić information content (AvgIpc) is 3.19. The number of hydrogen-bond acceptors (Lipinski definition) is 2. The molecule has 0 saturated heterocycles. The van der Waals surface area contributed by atoms with E-state index in [-0.39, 0.29) is 24.2 Å². The van der Waals surface area contributed by atoms with Crippen LogP contribution < -0.4 is 5.32 Å². The Labute approximate surface area is 121 Å². The summed E-state index contributed by atoms with van der Waals surface area (Å²) in [4.78, 5) is 23.6.